The number of anilines is 1. The van der Waals surface area contributed by atoms with Crippen molar-refractivity contribution in [3.05, 3.63) is 35.4 Å². The van der Waals surface area contributed by atoms with E-state index in [2.05, 4.69) is 63.8 Å². The maximum atomic E-state index is 12.5. The van der Waals surface area contributed by atoms with Gasteiger partial charge in [0, 0.05) is 11.3 Å². The fourth-order valence-corrected chi connectivity index (χ4v) is 3.62. The summed E-state index contributed by atoms with van der Waals surface area (Å²) in [7, 11) is 1.48. The van der Waals surface area contributed by atoms with Crippen molar-refractivity contribution in [2.24, 2.45) is 0 Å². The van der Waals surface area contributed by atoms with Gasteiger partial charge in [0.2, 0.25) is 0 Å². The topological polar surface area (TPSA) is 29.5 Å². The van der Waals surface area contributed by atoms with E-state index in [0.717, 1.165) is 24.9 Å². The number of unbranched alkanes of at least 4 members (excludes halogenated alkanes) is 1. The summed E-state index contributed by atoms with van der Waals surface area (Å²) in [6, 6.07) is 6.23. The molecule has 0 saturated heterocycles. The average Bonchev–Trinajstić information content (AvgIpc) is 2.48. The number of carbonyl (C=O) groups excluding carboxylic acids is 1. The van der Waals surface area contributed by atoms with Crippen LogP contribution in [0, 0.1) is 6.92 Å². The number of nitrogens with zero attached hydrogens (tertiary/aromatic N) is 1. The van der Waals surface area contributed by atoms with Crippen LogP contribution in [0.5, 0.6) is 0 Å². The van der Waals surface area contributed by atoms with Crippen LogP contribution < -0.4 is 4.90 Å². The van der Waals surface area contributed by atoms with E-state index in [-0.39, 0.29) is 17.6 Å². The molecule has 3 nitrogen and oxygen atoms in total. The second kappa shape index (κ2) is 6.77. The standard InChI is InChI=1S/C20H29NO2/c1-7-8-9-17(19(22)23-6)21-18-12-14(2)10-11-16(18)15(3)13-20(21,4)5/h10-13,17H,7-9H2,1-6H3. The highest BCUT2D eigenvalue weighted by atomic mass is 16.5. The van der Waals surface area contributed by atoms with E-state index in [9.17, 15) is 4.79 Å². The van der Waals surface area contributed by atoms with Crippen molar-refractivity contribution in [2.75, 3.05) is 12.0 Å². The number of hydrogen-bond acceptors (Lipinski definition) is 3. The van der Waals surface area contributed by atoms with E-state index in [1.807, 2.05) is 0 Å². The fourth-order valence-electron chi connectivity index (χ4n) is 3.62. The highest BCUT2D eigenvalue weighted by Crippen LogP contribution is 2.41. The zero-order chi connectivity index (χ0) is 17.2. The van der Waals surface area contributed by atoms with Gasteiger partial charge in [0.05, 0.1) is 12.6 Å². The van der Waals surface area contributed by atoms with E-state index in [1.54, 1.807) is 0 Å². The Hall–Kier alpha value is -1.77. The first-order valence-electron chi connectivity index (χ1n) is 8.49. The molecule has 0 aliphatic carbocycles. The Bertz CT molecular complexity index is 616. The fraction of sp³-hybridized carbons (Fsp3) is 0.550. The third-order valence-corrected chi connectivity index (χ3v) is 4.64. The average molecular weight is 315 g/mol. The number of rotatable bonds is 5. The molecular formula is C20H29NO2. The van der Waals surface area contributed by atoms with Crippen molar-refractivity contribution in [2.45, 2.75) is 65.5 Å². The molecule has 2 rings (SSSR count). The first-order valence-corrected chi connectivity index (χ1v) is 8.49. The van der Waals surface area contributed by atoms with Crippen LogP contribution in [0.25, 0.3) is 5.57 Å². The predicted molar refractivity (Wildman–Crippen MR) is 96.7 cm³/mol. The molecular weight excluding hydrogens is 286 g/mol. The van der Waals surface area contributed by atoms with Gasteiger partial charge < -0.3 is 9.64 Å². The lowest BCUT2D eigenvalue weighted by atomic mass is 9.86. The summed E-state index contributed by atoms with van der Waals surface area (Å²) in [6.07, 6.45) is 5.15. The van der Waals surface area contributed by atoms with Gasteiger partial charge in [0.1, 0.15) is 6.04 Å². The highest BCUT2D eigenvalue weighted by Gasteiger charge is 2.39. The van der Waals surface area contributed by atoms with E-state index in [4.69, 9.17) is 4.74 Å². The van der Waals surface area contributed by atoms with Crippen LogP contribution in [-0.2, 0) is 9.53 Å². The predicted octanol–water partition coefficient (Wildman–Crippen LogP) is 4.73. The van der Waals surface area contributed by atoms with E-state index in [1.165, 1.54) is 23.8 Å². The number of ether oxygens (including phenoxy) is 1. The normalized spacial score (nSPS) is 17.3. The molecule has 3 heteroatoms. The minimum absolute atomic E-state index is 0.146. The van der Waals surface area contributed by atoms with Crippen LogP contribution in [0.3, 0.4) is 0 Å². The first-order chi connectivity index (χ1) is 10.8. The Kier molecular flexibility index (Phi) is 5.18. The van der Waals surface area contributed by atoms with Gasteiger partial charge >= 0.3 is 5.97 Å². The van der Waals surface area contributed by atoms with Gasteiger partial charge in [-0.15, -0.1) is 0 Å². The lowest BCUT2D eigenvalue weighted by Crippen LogP contribution is -2.54. The molecule has 23 heavy (non-hydrogen) atoms. The van der Waals surface area contributed by atoms with Crippen molar-refractivity contribution in [3.8, 4) is 0 Å². The molecule has 1 aromatic carbocycles. The molecule has 0 spiro atoms. The van der Waals surface area contributed by atoms with E-state index in [0.29, 0.717) is 0 Å². The summed E-state index contributed by atoms with van der Waals surface area (Å²) in [5.41, 5.74) is 4.60. The lowest BCUT2D eigenvalue weighted by Gasteiger charge is -2.47. The molecule has 1 heterocycles. The monoisotopic (exact) mass is 315 g/mol. The van der Waals surface area contributed by atoms with Gasteiger partial charge in [-0.2, -0.15) is 0 Å². The third-order valence-electron chi connectivity index (χ3n) is 4.64. The lowest BCUT2D eigenvalue weighted by molar-refractivity contribution is -0.142. The van der Waals surface area contributed by atoms with Gasteiger partial charge in [-0.1, -0.05) is 38.0 Å². The molecule has 0 bridgehead atoms. The van der Waals surface area contributed by atoms with Crippen molar-refractivity contribution in [1.29, 1.82) is 0 Å². The van der Waals surface area contributed by atoms with Crippen molar-refractivity contribution < 1.29 is 9.53 Å². The van der Waals surface area contributed by atoms with Gasteiger partial charge in [0.15, 0.2) is 0 Å². The van der Waals surface area contributed by atoms with Crippen molar-refractivity contribution in [1.82, 2.24) is 0 Å². The molecule has 1 unspecified atom stereocenters. The Morgan fingerprint density at radius 2 is 2.00 bits per heavy atom. The van der Waals surface area contributed by atoms with Gasteiger partial charge in [-0.25, -0.2) is 4.79 Å². The minimum Gasteiger partial charge on any atom is -0.467 e. The minimum atomic E-state index is -0.250. The molecule has 1 aromatic rings. The molecule has 0 saturated carbocycles. The third kappa shape index (κ3) is 3.44. The Balaban J connectivity index is 2.57. The quantitative estimate of drug-likeness (QED) is 0.736. The Labute approximate surface area is 140 Å². The van der Waals surface area contributed by atoms with Gasteiger partial charge in [-0.05, 0) is 51.3 Å². The molecule has 0 amide bonds. The van der Waals surface area contributed by atoms with Gasteiger partial charge in [-0.3, -0.25) is 0 Å². The van der Waals surface area contributed by atoms with E-state index < -0.39 is 0 Å². The summed E-state index contributed by atoms with van der Waals surface area (Å²) in [5, 5.41) is 0. The smallest absolute Gasteiger partial charge is 0.328 e. The number of esters is 1. The van der Waals surface area contributed by atoms with Crippen LogP contribution in [0.2, 0.25) is 0 Å². The first kappa shape index (κ1) is 17.6. The summed E-state index contributed by atoms with van der Waals surface area (Å²) < 4.78 is 5.13. The Morgan fingerprint density at radius 1 is 1.30 bits per heavy atom. The molecule has 1 atom stereocenters. The van der Waals surface area contributed by atoms with Crippen molar-refractivity contribution >= 4 is 17.2 Å². The summed E-state index contributed by atoms with van der Waals surface area (Å²) in [4.78, 5) is 14.8. The zero-order valence-corrected chi connectivity index (χ0v) is 15.3. The molecule has 0 radical (unpaired) electrons. The van der Waals surface area contributed by atoms with Crippen LogP contribution in [0.15, 0.2) is 24.3 Å². The maximum Gasteiger partial charge on any atom is 0.328 e. The summed E-state index contributed by atoms with van der Waals surface area (Å²) in [5.74, 6) is -0.146. The molecule has 0 aromatic heterocycles. The SMILES string of the molecule is CCCCC(C(=O)OC)N1c2cc(C)ccc2C(C)=CC1(C)C. The summed E-state index contributed by atoms with van der Waals surface area (Å²) >= 11 is 0. The highest BCUT2D eigenvalue weighted by molar-refractivity contribution is 5.87. The zero-order valence-electron chi connectivity index (χ0n) is 15.3. The van der Waals surface area contributed by atoms with Crippen LogP contribution in [0.1, 0.15) is 58.1 Å². The number of carbonyl (C=O) groups is 1. The summed E-state index contributed by atoms with van der Waals surface area (Å²) in [6.45, 7) is 10.7. The molecule has 0 fully saturated rings. The molecule has 1 aliphatic rings. The number of fused-ring (bicyclic) bond motifs is 1. The van der Waals surface area contributed by atoms with Gasteiger partial charge in [0.25, 0.3) is 0 Å². The maximum absolute atomic E-state index is 12.5. The number of allylic oxidation sites excluding steroid dienone is 1. The second-order valence-corrected chi connectivity index (χ2v) is 7.05. The van der Waals surface area contributed by atoms with Crippen LogP contribution >= 0.6 is 0 Å². The Morgan fingerprint density at radius 3 is 2.61 bits per heavy atom. The number of aryl methyl sites for hydroxylation is 1. The van der Waals surface area contributed by atoms with Crippen LogP contribution in [-0.4, -0.2) is 24.7 Å². The molecule has 0 N–H and O–H groups in total. The number of hydrogen-bond donors (Lipinski definition) is 0. The van der Waals surface area contributed by atoms with Crippen LogP contribution in [0.4, 0.5) is 5.69 Å². The molecule has 1 aliphatic heterocycles. The van der Waals surface area contributed by atoms with Crippen molar-refractivity contribution in [3.63, 3.8) is 0 Å². The second-order valence-electron chi connectivity index (χ2n) is 7.05. The van der Waals surface area contributed by atoms with E-state index >= 15 is 0 Å². The number of methoxy groups -OCH3 is 1. The number of benzene rings is 1. The largest absolute Gasteiger partial charge is 0.467 e. The molecule has 126 valence electrons.